The second-order valence-electron chi connectivity index (χ2n) is 5.69. The zero-order chi connectivity index (χ0) is 17.6. The van der Waals surface area contributed by atoms with Gasteiger partial charge in [-0.2, -0.15) is 0 Å². The third-order valence-corrected chi connectivity index (χ3v) is 4.17. The van der Waals surface area contributed by atoms with Gasteiger partial charge in [-0.15, -0.1) is 0 Å². The number of rotatable bonds is 3. The summed E-state index contributed by atoms with van der Waals surface area (Å²) in [6.07, 6.45) is -6.66. The molecule has 6 atom stereocenters. The van der Waals surface area contributed by atoms with Crippen LogP contribution in [0.2, 0.25) is 0 Å². The Morgan fingerprint density at radius 1 is 1.29 bits per heavy atom. The van der Waals surface area contributed by atoms with Gasteiger partial charge >= 0.3 is 11.7 Å². The average molecular weight is 344 g/mol. The minimum absolute atomic E-state index is 0.120. The van der Waals surface area contributed by atoms with Crippen molar-refractivity contribution >= 4 is 5.97 Å². The van der Waals surface area contributed by atoms with Crippen LogP contribution in [0.25, 0.3) is 0 Å². The van der Waals surface area contributed by atoms with Gasteiger partial charge in [0.1, 0.15) is 18.3 Å². The number of aliphatic hydroxyl groups is 3. The molecule has 2 aliphatic rings. The van der Waals surface area contributed by atoms with E-state index in [1.807, 2.05) is 4.98 Å². The summed E-state index contributed by atoms with van der Waals surface area (Å²) in [7, 11) is 0. The fourth-order valence-electron chi connectivity index (χ4n) is 2.96. The number of nitrogens with one attached hydrogen (secondary N) is 1. The summed E-state index contributed by atoms with van der Waals surface area (Å²) in [5, 5.41) is 38.5. The van der Waals surface area contributed by atoms with E-state index in [9.17, 15) is 24.6 Å². The summed E-state index contributed by atoms with van der Waals surface area (Å²) in [6.45, 7) is -0.633. The van der Waals surface area contributed by atoms with E-state index in [4.69, 9.17) is 19.7 Å². The molecule has 2 fully saturated rings. The first kappa shape index (κ1) is 16.8. The topological polar surface area (TPSA) is 171 Å². The molecule has 24 heavy (non-hydrogen) atoms. The number of carboxylic acid groups (broad SMARTS) is 1. The largest absolute Gasteiger partial charge is 0.479 e. The highest BCUT2D eigenvalue weighted by Crippen LogP contribution is 2.37. The SMILES string of the molecule is O=C(O)C1CC(O)C2OC(n3cc(CO)c(=O)[nH]c3=O)C(O)C2O1. The van der Waals surface area contributed by atoms with Crippen molar-refractivity contribution in [2.45, 2.75) is 49.8 Å². The highest BCUT2D eigenvalue weighted by atomic mass is 16.6. The van der Waals surface area contributed by atoms with E-state index in [2.05, 4.69) is 0 Å². The lowest BCUT2D eigenvalue weighted by atomic mass is 9.96. The molecule has 6 unspecified atom stereocenters. The molecule has 2 saturated heterocycles. The van der Waals surface area contributed by atoms with Crippen molar-refractivity contribution in [3.63, 3.8) is 0 Å². The van der Waals surface area contributed by atoms with Crippen molar-refractivity contribution < 1.29 is 34.7 Å². The predicted octanol–water partition coefficient (Wildman–Crippen LogP) is -3.11. The number of carbonyl (C=O) groups is 1. The van der Waals surface area contributed by atoms with Crippen molar-refractivity contribution in [1.29, 1.82) is 0 Å². The van der Waals surface area contributed by atoms with Crippen LogP contribution in [0.1, 0.15) is 18.2 Å². The lowest BCUT2D eigenvalue weighted by Crippen LogP contribution is -2.51. The molecule has 132 valence electrons. The Morgan fingerprint density at radius 2 is 2.00 bits per heavy atom. The summed E-state index contributed by atoms with van der Waals surface area (Å²) < 4.78 is 11.6. The number of aromatic nitrogens is 2. The molecule has 0 spiro atoms. The van der Waals surface area contributed by atoms with E-state index in [1.54, 1.807) is 0 Å². The Kier molecular flexibility index (Phi) is 4.27. The number of H-pyrrole nitrogens is 1. The zero-order valence-corrected chi connectivity index (χ0v) is 12.2. The van der Waals surface area contributed by atoms with E-state index in [0.717, 1.165) is 10.8 Å². The number of carboxylic acids is 1. The molecule has 0 aromatic carbocycles. The van der Waals surface area contributed by atoms with Gasteiger partial charge < -0.3 is 29.9 Å². The van der Waals surface area contributed by atoms with Gasteiger partial charge in [0.25, 0.3) is 5.56 Å². The Bertz CT molecular complexity index is 757. The summed E-state index contributed by atoms with van der Waals surface area (Å²) >= 11 is 0. The Hall–Kier alpha value is -2.05. The maximum Gasteiger partial charge on any atom is 0.332 e. The van der Waals surface area contributed by atoms with Crippen molar-refractivity contribution in [1.82, 2.24) is 9.55 Å². The summed E-state index contributed by atoms with van der Waals surface area (Å²) in [4.78, 5) is 36.4. The van der Waals surface area contributed by atoms with Gasteiger partial charge in [0, 0.05) is 12.6 Å². The van der Waals surface area contributed by atoms with Crippen LogP contribution in [0.4, 0.5) is 0 Å². The number of hydrogen-bond donors (Lipinski definition) is 5. The molecule has 3 heterocycles. The fraction of sp³-hybridized carbons (Fsp3) is 0.615. The third-order valence-electron chi connectivity index (χ3n) is 4.17. The number of fused-ring (bicyclic) bond motifs is 1. The maximum absolute atomic E-state index is 11.9. The molecule has 11 nitrogen and oxygen atoms in total. The third kappa shape index (κ3) is 2.65. The molecule has 5 N–H and O–H groups in total. The first-order chi connectivity index (χ1) is 11.3. The smallest absolute Gasteiger partial charge is 0.332 e. The molecule has 11 heteroatoms. The first-order valence-electron chi connectivity index (χ1n) is 7.18. The summed E-state index contributed by atoms with van der Waals surface area (Å²) in [6, 6.07) is 0. The Balaban J connectivity index is 1.94. The molecule has 1 aromatic heterocycles. The second kappa shape index (κ2) is 6.11. The lowest BCUT2D eigenvalue weighted by molar-refractivity contribution is -0.187. The highest BCUT2D eigenvalue weighted by molar-refractivity contribution is 5.72. The normalized spacial score (nSPS) is 35.6. The van der Waals surface area contributed by atoms with Crippen LogP contribution in [0, 0.1) is 0 Å². The van der Waals surface area contributed by atoms with Gasteiger partial charge in [-0.05, 0) is 0 Å². The minimum Gasteiger partial charge on any atom is -0.479 e. The van der Waals surface area contributed by atoms with Crippen LogP contribution < -0.4 is 11.2 Å². The number of ether oxygens (including phenoxy) is 2. The van der Waals surface area contributed by atoms with Crippen molar-refractivity contribution in [3.05, 3.63) is 32.6 Å². The van der Waals surface area contributed by atoms with E-state index in [-0.39, 0.29) is 12.0 Å². The molecule has 0 amide bonds. The van der Waals surface area contributed by atoms with Gasteiger partial charge in [-0.1, -0.05) is 0 Å². The average Bonchev–Trinajstić information content (AvgIpc) is 2.85. The minimum atomic E-state index is -1.46. The Labute approximate surface area is 133 Å². The van der Waals surface area contributed by atoms with Gasteiger partial charge in [-0.3, -0.25) is 14.3 Å². The molecule has 3 rings (SSSR count). The molecule has 1 aromatic rings. The van der Waals surface area contributed by atoms with Crippen molar-refractivity contribution in [2.75, 3.05) is 0 Å². The van der Waals surface area contributed by atoms with E-state index >= 15 is 0 Å². The molecule has 0 aliphatic carbocycles. The lowest BCUT2D eigenvalue weighted by Gasteiger charge is -2.33. The van der Waals surface area contributed by atoms with Crippen LogP contribution in [-0.4, -0.2) is 66.5 Å². The molecular formula is C13H16N2O9. The van der Waals surface area contributed by atoms with Gasteiger partial charge in [-0.25, -0.2) is 9.59 Å². The quantitative estimate of drug-likeness (QED) is 0.380. The monoisotopic (exact) mass is 344 g/mol. The van der Waals surface area contributed by atoms with Crippen LogP contribution in [0.3, 0.4) is 0 Å². The molecule has 0 saturated carbocycles. The maximum atomic E-state index is 11.9. The van der Waals surface area contributed by atoms with E-state index in [0.29, 0.717) is 0 Å². The van der Waals surface area contributed by atoms with E-state index in [1.165, 1.54) is 0 Å². The first-order valence-corrected chi connectivity index (χ1v) is 7.18. The van der Waals surface area contributed by atoms with Crippen LogP contribution in [-0.2, 0) is 20.9 Å². The highest BCUT2D eigenvalue weighted by Gasteiger charge is 2.53. The number of aliphatic hydroxyl groups excluding tert-OH is 3. The second-order valence-corrected chi connectivity index (χ2v) is 5.69. The molecular weight excluding hydrogens is 328 g/mol. The zero-order valence-electron chi connectivity index (χ0n) is 12.2. The predicted molar refractivity (Wildman–Crippen MR) is 74.1 cm³/mol. The molecule has 0 bridgehead atoms. The van der Waals surface area contributed by atoms with Crippen LogP contribution >= 0.6 is 0 Å². The van der Waals surface area contributed by atoms with Gasteiger partial charge in [0.2, 0.25) is 0 Å². The summed E-state index contributed by atoms with van der Waals surface area (Å²) in [5.41, 5.74) is -1.78. The van der Waals surface area contributed by atoms with E-state index < -0.39 is 60.6 Å². The number of aliphatic carboxylic acids is 1. The molecule has 2 aliphatic heterocycles. The van der Waals surface area contributed by atoms with Crippen molar-refractivity contribution in [3.8, 4) is 0 Å². The number of hydrogen-bond acceptors (Lipinski definition) is 8. The van der Waals surface area contributed by atoms with Gasteiger partial charge in [0.05, 0.1) is 18.3 Å². The van der Waals surface area contributed by atoms with Crippen molar-refractivity contribution in [2.24, 2.45) is 0 Å². The molecule has 0 radical (unpaired) electrons. The fourth-order valence-corrected chi connectivity index (χ4v) is 2.96. The number of aromatic amines is 1. The Morgan fingerprint density at radius 3 is 2.62 bits per heavy atom. The van der Waals surface area contributed by atoms with Crippen LogP contribution in [0.5, 0.6) is 0 Å². The standard InChI is InChI=1S/C13H16N2O9/c16-3-4-2-15(13(22)14-10(4)19)11-7(18)9-8(24-11)5(17)1-6(23-9)12(20)21/h2,5-9,11,16-18H,1,3H2,(H,20,21)(H,14,19,22). The van der Waals surface area contributed by atoms with Gasteiger partial charge in [0.15, 0.2) is 12.3 Å². The number of nitrogens with zero attached hydrogens (tertiary/aromatic N) is 1. The summed E-state index contributed by atoms with van der Waals surface area (Å²) in [5.74, 6) is -1.29. The van der Waals surface area contributed by atoms with Crippen LogP contribution in [0.15, 0.2) is 15.8 Å².